The Balaban J connectivity index is 2.74. The number of aryl methyl sites for hydroxylation is 2. The minimum Gasteiger partial charge on any atom is -0.465 e. The van der Waals surface area contributed by atoms with E-state index in [2.05, 4.69) is 11.9 Å². The molecule has 0 N–H and O–H groups in total. The minimum atomic E-state index is -0.188. The number of thiazole rings is 1. The van der Waals surface area contributed by atoms with Crippen LogP contribution in [0.3, 0.4) is 0 Å². The van der Waals surface area contributed by atoms with Crippen molar-refractivity contribution in [2.45, 2.75) is 34.1 Å². The number of carbonyl (C=O) groups excluding carboxylic acids is 1. The van der Waals surface area contributed by atoms with E-state index in [1.807, 2.05) is 25.7 Å². The highest BCUT2D eigenvalue weighted by atomic mass is 32.1. The van der Waals surface area contributed by atoms with Gasteiger partial charge in [0.15, 0.2) is 5.13 Å². The van der Waals surface area contributed by atoms with Gasteiger partial charge in [0.25, 0.3) is 0 Å². The third kappa shape index (κ3) is 4.00. The molecule has 0 spiro atoms. The number of ether oxygens (including phenoxy) is 1. The molecule has 0 amide bonds. The van der Waals surface area contributed by atoms with E-state index in [-0.39, 0.29) is 12.5 Å². The Labute approximate surface area is 107 Å². The molecule has 1 aromatic heterocycles. The number of esters is 1. The zero-order chi connectivity index (χ0) is 12.8. The smallest absolute Gasteiger partial charge is 0.325 e. The van der Waals surface area contributed by atoms with E-state index in [0.29, 0.717) is 6.61 Å². The van der Waals surface area contributed by atoms with E-state index in [1.165, 1.54) is 4.88 Å². The van der Waals surface area contributed by atoms with Crippen LogP contribution in [0.15, 0.2) is 0 Å². The molecule has 1 rings (SSSR count). The van der Waals surface area contributed by atoms with Crippen LogP contribution in [0.25, 0.3) is 0 Å². The number of carbonyl (C=O) groups is 1. The van der Waals surface area contributed by atoms with E-state index in [0.717, 1.165) is 23.8 Å². The molecule has 0 bridgehead atoms. The summed E-state index contributed by atoms with van der Waals surface area (Å²) in [5.74, 6) is -0.188. The zero-order valence-corrected chi connectivity index (χ0v) is 11.8. The minimum absolute atomic E-state index is 0.188. The second-order valence-electron chi connectivity index (χ2n) is 3.86. The van der Waals surface area contributed by atoms with Crippen LogP contribution >= 0.6 is 11.3 Å². The van der Waals surface area contributed by atoms with Crippen molar-refractivity contribution in [1.29, 1.82) is 0 Å². The fraction of sp³-hybridized carbons (Fsp3) is 0.667. The number of hydrogen-bond donors (Lipinski definition) is 0. The Morgan fingerprint density at radius 1 is 1.41 bits per heavy atom. The predicted octanol–water partition coefficient (Wildman–Crippen LogP) is 2.54. The van der Waals surface area contributed by atoms with Crippen LogP contribution in [0.1, 0.15) is 30.8 Å². The molecule has 17 heavy (non-hydrogen) atoms. The summed E-state index contributed by atoms with van der Waals surface area (Å²) in [5, 5.41) is 0.912. The molecule has 0 radical (unpaired) electrons. The molecule has 96 valence electrons. The Bertz CT molecular complexity index is 357. The van der Waals surface area contributed by atoms with Crippen LogP contribution in [0, 0.1) is 13.8 Å². The molecule has 5 heteroatoms. The largest absolute Gasteiger partial charge is 0.465 e. The highest BCUT2D eigenvalue weighted by molar-refractivity contribution is 7.15. The van der Waals surface area contributed by atoms with Crippen molar-refractivity contribution in [3.05, 3.63) is 10.6 Å². The molecule has 0 saturated carbocycles. The lowest BCUT2D eigenvalue weighted by molar-refractivity contribution is -0.141. The van der Waals surface area contributed by atoms with Crippen LogP contribution < -0.4 is 4.90 Å². The average molecular weight is 256 g/mol. The molecular formula is C12H20N2O2S. The third-order valence-electron chi connectivity index (χ3n) is 2.41. The molecule has 0 aliphatic rings. The maximum atomic E-state index is 11.5. The molecular weight excluding hydrogens is 236 g/mol. The lowest BCUT2D eigenvalue weighted by Gasteiger charge is -2.19. The van der Waals surface area contributed by atoms with Gasteiger partial charge in [0.05, 0.1) is 12.3 Å². The Morgan fingerprint density at radius 3 is 2.59 bits per heavy atom. The summed E-state index contributed by atoms with van der Waals surface area (Å²) in [6.45, 7) is 9.48. The van der Waals surface area contributed by atoms with Gasteiger partial charge in [-0.25, -0.2) is 4.98 Å². The third-order valence-corrected chi connectivity index (χ3v) is 3.54. The number of aromatic nitrogens is 1. The molecule has 0 atom stereocenters. The second-order valence-corrected chi connectivity index (χ2v) is 5.05. The lowest BCUT2D eigenvalue weighted by atomic mass is 10.4. The monoisotopic (exact) mass is 256 g/mol. The molecule has 4 nitrogen and oxygen atoms in total. The number of rotatable bonds is 6. The fourth-order valence-electron chi connectivity index (χ4n) is 1.47. The Morgan fingerprint density at radius 2 is 2.12 bits per heavy atom. The van der Waals surface area contributed by atoms with Crippen molar-refractivity contribution < 1.29 is 9.53 Å². The Kier molecular flexibility index (Phi) is 5.41. The summed E-state index contributed by atoms with van der Waals surface area (Å²) in [6, 6.07) is 0. The summed E-state index contributed by atoms with van der Waals surface area (Å²) in [6.07, 6.45) is 0.983. The number of nitrogens with zero attached hydrogens (tertiary/aromatic N) is 2. The molecule has 0 aliphatic carbocycles. The van der Waals surface area contributed by atoms with Crippen LogP contribution in [0.5, 0.6) is 0 Å². The summed E-state index contributed by atoms with van der Waals surface area (Å²) in [5.41, 5.74) is 1.04. The van der Waals surface area contributed by atoms with Gasteiger partial charge in [-0.15, -0.1) is 11.3 Å². The van der Waals surface area contributed by atoms with Gasteiger partial charge in [0, 0.05) is 11.4 Å². The summed E-state index contributed by atoms with van der Waals surface area (Å²) in [7, 11) is 0. The van der Waals surface area contributed by atoms with Gasteiger partial charge >= 0.3 is 5.97 Å². The first-order chi connectivity index (χ1) is 8.08. The van der Waals surface area contributed by atoms with Crippen LogP contribution in [0.4, 0.5) is 5.13 Å². The van der Waals surface area contributed by atoms with Gasteiger partial charge in [-0.3, -0.25) is 4.79 Å². The topological polar surface area (TPSA) is 42.4 Å². The highest BCUT2D eigenvalue weighted by Gasteiger charge is 2.15. The first-order valence-electron chi connectivity index (χ1n) is 5.93. The second kappa shape index (κ2) is 6.59. The quantitative estimate of drug-likeness (QED) is 0.734. The van der Waals surface area contributed by atoms with Crippen molar-refractivity contribution in [2.75, 3.05) is 24.6 Å². The van der Waals surface area contributed by atoms with Gasteiger partial charge in [-0.05, 0) is 27.2 Å². The van der Waals surface area contributed by atoms with Crippen molar-refractivity contribution in [3.63, 3.8) is 0 Å². The van der Waals surface area contributed by atoms with Crippen LogP contribution in [0.2, 0.25) is 0 Å². The van der Waals surface area contributed by atoms with E-state index < -0.39 is 0 Å². The fourth-order valence-corrected chi connectivity index (χ4v) is 2.40. The van der Waals surface area contributed by atoms with Crippen molar-refractivity contribution in [3.8, 4) is 0 Å². The summed E-state index contributed by atoms with van der Waals surface area (Å²) in [4.78, 5) is 19.2. The number of hydrogen-bond acceptors (Lipinski definition) is 5. The maximum absolute atomic E-state index is 11.5. The van der Waals surface area contributed by atoms with E-state index in [1.54, 1.807) is 11.3 Å². The highest BCUT2D eigenvalue weighted by Crippen LogP contribution is 2.25. The summed E-state index contributed by atoms with van der Waals surface area (Å²) >= 11 is 1.63. The first kappa shape index (κ1) is 14.0. The van der Waals surface area contributed by atoms with Crippen molar-refractivity contribution in [2.24, 2.45) is 0 Å². The van der Waals surface area contributed by atoms with Crippen LogP contribution in [-0.4, -0.2) is 30.6 Å². The predicted molar refractivity (Wildman–Crippen MR) is 70.7 cm³/mol. The lowest BCUT2D eigenvalue weighted by Crippen LogP contribution is -2.31. The molecule has 0 saturated heterocycles. The molecule has 0 unspecified atom stereocenters. The maximum Gasteiger partial charge on any atom is 0.325 e. The number of anilines is 1. The van der Waals surface area contributed by atoms with Gasteiger partial charge in [0.1, 0.15) is 6.54 Å². The van der Waals surface area contributed by atoms with E-state index >= 15 is 0 Å². The standard InChI is InChI=1S/C12H20N2O2S/c1-5-7-14(8-11(15)16-6-2)12-13-9(3)10(4)17-12/h5-8H2,1-4H3. The van der Waals surface area contributed by atoms with Gasteiger partial charge in [0.2, 0.25) is 0 Å². The van der Waals surface area contributed by atoms with E-state index in [4.69, 9.17) is 4.74 Å². The molecule has 0 aliphatic heterocycles. The zero-order valence-electron chi connectivity index (χ0n) is 10.9. The molecule has 1 aromatic rings. The van der Waals surface area contributed by atoms with Crippen molar-refractivity contribution in [1.82, 2.24) is 4.98 Å². The molecule has 0 aromatic carbocycles. The normalized spacial score (nSPS) is 10.4. The molecule has 0 fully saturated rings. The molecule has 1 heterocycles. The van der Waals surface area contributed by atoms with Crippen molar-refractivity contribution >= 4 is 22.4 Å². The van der Waals surface area contributed by atoms with Crippen LogP contribution in [-0.2, 0) is 9.53 Å². The Hall–Kier alpha value is -1.10. The SMILES string of the molecule is CCCN(CC(=O)OCC)c1nc(C)c(C)s1. The van der Waals surface area contributed by atoms with Gasteiger partial charge in [-0.1, -0.05) is 6.92 Å². The first-order valence-corrected chi connectivity index (χ1v) is 6.74. The van der Waals surface area contributed by atoms with Gasteiger partial charge in [-0.2, -0.15) is 0 Å². The average Bonchev–Trinajstić information content (AvgIpc) is 2.59. The summed E-state index contributed by atoms with van der Waals surface area (Å²) < 4.78 is 4.97. The van der Waals surface area contributed by atoms with E-state index in [9.17, 15) is 4.79 Å². The van der Waals surface area contributed by atoms with Gasteiger partial charge < -0.3 is 9.64 Å².